The van der Waals surface area contributed by atoms with Gasteiger partial charge < -0.3 is 5.32 Å². The van der Waals surface area contributed by atoms with Crippen LogP contribution in [0.15, 0.2) is 10.7 Å². The Labute approximate surface area is 85.4 Å². The highest BCUT2D eigenvalue weighted by Crippen LogP contribution is 2.14. The van der Waals surface area contributed by atoms with Crippen molar-refractivity contribution in [3.8, 4) is 0 Å². The summed E-state index contributed by atoms with van der Waals surface area (Å²) in [5.74, 6) is 0.598. The van der Waals surface area contributed by atoms with E-state index in [1.807, 2.05) is 6.92 Å². The molecule has 0 aliphatic rings. The largest absolute Gasteiger partial charge is 0.309 e. The lowest BCUT2D eigenvalue weighted by Crippen LogP contribution is -2.11. The summed E-state index contributed by atoms with van der Waals surface area (Å²) in [5.41, 5.74) is 0. The molecule has 0 saturated heterocycles. The molecule has 1 amide bonds. The smallest absolute Gasteiger partial charge is 0.225 e. The van der Waals surface area contributed by atoms with Crippen LogP contribution in [-0.2, 0) is 11.8 Å². The molecular formula is C8H12BrN3O. The molecule has 0 spiro atoms. The highest BCUT2D eigenvalue weighted by atomic mass is 79.9. The van der Waals surface area contributed by atoms with Gasteiger partial charge in [-0.3, -0.25) is 9.48 Å². The van der Waals surface area contributed by atoms with E-state index in [-0.39, 0.29) is 5.91 Å². The predicted molar refractivity (Wildman–Crippen MR) is 54.4 cm³/mol. The van der Waals surface area contributed by atoms with Gasteiger partial charge in [-0.05, 0) is 22.4 Å². The maximum absolute atomic E-state index is 11.2. The summed E-state index contributed by atoms with van der Waals surface area (Å²) in [6.07, 6.45) is 1.38. The summed E-state index contributed by atoms with van der Waals surface area (Å²) in [6, 6.07) is 1.77. The van der Waals surface area contributed by atoms with E-state index in [1.54, 1.807) is 17.8 Å². The van der Waals surface area contributed by atoms with Crippen molar-refractivity contribution in [2.24, 2.45) is 7.05 Å². The molecule has 0 saturated carbocycles. The minimum Gasteiger partial charge on any atom is -0.309 e. The average molecular weight is 246 g/mol. The standard InChI is InChI=1S/C8H12BrN3O/c1-3-4-8(13)10-7-5-6(9)12(2)11-7/h5H,3-4H2,1-2H3,(H,10,11,13). The first-order chi connectivity index (χ1) is 6.13. The van der Waals surface area contributed by atoms with E-state index >= 15 is 0 Å². The number of anilines is 1. The fourth-order valence-electron chi connectivity index (χ4n) is 0.938. The van der Waals surface area contributed by atoms with Crippen LogP contribution in [0, 0.1) is 0 Å². The molecule has 0 unspecified atom stereocenters. The second-order valence-electron chi connectivity index (χ2n) is 2.77. The van der Waals surface area contributed by atoms with E-state index in [0.29, 0.717) is 12.2 Å². The maximum Gasteiger partial charge on any atom is 0.225 e. The van der Waals surface area contributed by atoms with E-state index in [4.69, 9.17) is 0 Å². The molecule has 72 valence electrons. The van der Waals surface area contributed by atoms with Crippen molar-refractivity contribution in [1.82, 2.24) is 9.78 Å². The van der Waals surface area contributed by atoms with Gasteiger partial charge in [-0.1, -0.05) is 6.92 Å². The Morgan fingerprint density at radius 2 is 2.46 bits per heavy atom. The molecule has 1 aromatic rings. The molecule has 0 fully saturated rings. The number of nitrogens with one attached hydrogen (secondary N) is 1. The third-order valence-corrected chi connectivity index (χ3v) is 2.31. The van der Waals surface area contributed by atoms with Gasteiger partial charge >= 0.3 is 0 Å². The van der Waals surface area contributed by atoms with Gasteiger partial charge in [0.15, 0.2) is 5.82 Å². The number of carbonyl (C=O) groups is 1. The molecule has 0 radical (unpaired) electrons. The van der Waals surface area contributed by atoms with Gasteiger partial charge in [0.1, 0.15) is 4.60 Å². The van der Waals surface area contributed by atoms with Crippen molar-refractivity contribution in [3.05, 3.63) is 10.7 Å². The number of nitrogens with zero attached hydrogens (tertiary/aromatic N) is 2. The molecule has 1 heterocycles. The van der Waals surface area contributed by atoms with Crippen LogP contribution in [0.4, 0.5) is 5.82 Å². The van der Waals surface area contributed by atoms with E-state index in [1.165, 1.54) is 0 Å². The second-order valence-corrected chi connectivity index (χ2v) is 3.59. The molecular weight excluding hydrogens is 234 g/mol. The van der Waals surface area contributed by atoms with E-state index in [9.17, 15) is 4.79 Å². The summed E-state index contributed by atoms with van der Waals surface area (Å²) in [4.78, 5) is 11.2. The Balaban J connectivity index is 2.59. The highest BCUT2D eigenvalue weighted by Gasteiger charge is 2.05. The maximum atomic E-state index is 11.2. The van der Waals surface area contributed by atoms with Crippen molar-refractivity contribution in [3.63, 3.8) is 0 Å². The third-order valence-electron chi connectivity index (χ3n) is 1.57. The zero-order valence-electron chi connectivity index (χ0n) is 7.67. The Kier molecular flexibility index (Phi) is 3.48. The first-order valence-corrected chi connectivity index (χ1v) is 4.92. The number of amides is 1. The van der Waals surface area contributed by atoms with Crippen molar-refractivity contribution >= 4 is 27.7 Å². The molecule has 5 heteroatoms. The molecule has 0 bridgehead atoms. The predicted octanol–water partition coefficient (Wildman–Crippen LogP) is 1.92. The Bertz CT molecular complexity index is 289. The van der Waals surface area contributed by atoms with Crippen LogP contribution < -0.4 is 5.32 Å². The van der Waals surface area contributed by atoms with Crippen LogP contribution in [0.2, 0.25) is 0 Å². The topological polar surface area (TPSA) is 46.9 Å². The fourth-order valence-corrected chi connectivity index (χ4v) is 1.23. The van der Waals surface area contributed by atoms with Crippen LogP contribution in [0.25, 0.3) is 0 Å². The molecule has 13 heavy (non-hydrogen) atoms. The van der Waals surface area contributed by atoms with Crippen molar-refractivity contribution in [2.75, 3.05) is 5.32 Å². The number of hydrogen-bond acceptors (Lipinski definition) is 2. The Morgan fingerprint density at radius 1 is 1.77 bits per heavy atom. The number of halogens is 1. The zero-order chi connectivity index (χ0) is 9.84. The van der Waals surface area contributed by atoms with Crippen molar-refractivity contribution in [1.29, 1.82) is 0 Å². The average Bonchev–Trinajstić information content (AvgIpc) is 2.31. The highest BCUT2D eigenvalue weighted by molar-refractivity contribution is 9.10. The number of aryl methyl sites for hydroxylation is 1. The van der Waals surface area contributed by atoms with Gasteiger partial charge in [0.2, 0.25) is 5.91 Å². The molecule has 4 nitrogen and oxygen atoms in total. The van der Waals surface area contributed by atoms with Crippen LogP contribution in [0.5, 0.6) is 0 Å². The summed E-state index contributed by atoms with van der Waals surface area (Å²) in [7, 11) is 1.81. The first kappa shape index (κ1) is 10.2. The SMILES string of the molecule is CCCC(=O)Nc1cc(Br)n(C)n1. The van der Waals surface area contributed by atoms with Crippen LogP contribution >= 0.6 is 15.9 Å². The first-order valence-electron chi connectivity index (χ1n) is 4.13. The fraction of sp³-hybridized carbons (Fsp3) is 0.500. The van der Waals surface area contributed by atoms with Gasteiger partial charge in [-0.25, -0.2) is 0 Å². The lowest BCUT2D eigenvalue weighted by molar-refractivity contribution is -0.116. The van der Waals surface area contributed by atoms with E-state index in [2.05, 4.69) is 26.3 Å². The number of rotatable bonds is 3. The van der Waals surface area contributed by atoms with Crippen LogP contribution in [0.1, 0.15) is 19.8 Å². The van der Waals surface area contributed by atoms with Crippen molar-refractivity contribution in [2.45, 2.75) is 19.8 Å². The van der Waals surface area contributed by atoms with Gasteiger partial charge in [0.05, 0.1) is 0 Å². The summed E-state index contributed by atoms with van der Waals surface area (Å²) in [5, 5.41) is 6.77. The summed E-state index contributed by atoms with van der Waals surface area (Å²) >= 11 is 3.29. The second kappa shape index (κ2) is 4.41. The van der Waals surface area contributed by atoms with Gasteiger partial charge in [0, 0.05) is 19.5 Å². The zero-order valence-corrected chi connectivity index (χ0v) is 9.26. The Hall–Kier alpha value is -0.840. The van der Waals surface area contributed by atoms with Crippen LogP contribution in [-0.4, -0.2) is 15.7 Å². The number of hydrogen-bond donors (Lipinski definition) is 1. The van der Waals surface area contributed by atoms with Crippen LogP contribution in [0.3, 0.4) is 0 Å². The monoisotopic (exact) mass is 245 g/mol. The van der Waals surface area contributed by atoms with Crippen molar-refractivity contribution < 1.29 is 4.79 Å². The van der Waals surface area contributed by atoms with Gasteiger partial charge in [-0.15, -0.1) is 0 Å². The molecule has 1 aromatic heterocycles. The third kappa shape index (κ3) is 2.84. The number of carbonyl (C=O) groups excluding carboxylic acids is 1. The minimum atomic E-state index is 0.00750. The lowest BCUT2D eigenvalue weighted by atomic mass is 10.3. The Morgan fingerprint density at radius 3 is 2.92 bits per heavy atom. The molecule has 0 atom stereocenters. The van der Waals surface area contributed by atoms with Gasteiger partial charge in [-0.2, -0.15) is 5.10 Å². The normalized spacial score (nSPS) is 10.1. The molecule has 0 aliphatic carbocycles. The molecule has 0 aromatic carbocycles. The molecule has 1 rings (SSSR count). The number of aromatic nitrogens is 2. The lowest BCUT2D eigenvalue weighted by Gasteiger charge is -1.98. The summed E-state index contributed by atoms with van der Waals surface area (Å²) in [6.45, 7) is 1.97. The van der Waals surface area contributed by atoms with E-state index in [0.717, 1.165) is 11.0 Å². The molecule has 0 aliphatic heterocycles. The molecule has 1 N–H and O–H groups in total. The quantitative estimate of drug-likeness (QED) is 0.885. The summed E-state index contributed by atoms with van der Waals surface area (Å²) < 4.78 is 2.50. The minimum absolute atomic E-state index is 0.00750. The van der Waals surface area contributed by atoms with E-state index < -0.39 is 0 Å². The van der Waals surface area contributed by atoms with Gasteiger partial charge in [0.25, 0.3) is 0 Å².